The van der Waals surface area contributed by atoms with E-state index in [4.69, 9.17) is 5.73 Å². The van der Waals surface area contributed by atoms with Crippen molar-refractivity contribution in [1.29, 1.82) is 0 Å². The van der Waals surface area contributed by atoms with E-state index >= 15 is 0 Å². The lowest BCUT2D eigenvalue weighted by atomic mass is 9.95. The Labute approximate surface area is 98.5 Å². The predicted molar refractivity (Wildman–Crippen MR) is 71.4 cm³/mol. The van der Waals surface area contributed by atoms with Gasteiger partial charge in [0.25, 0.3) is 0 Å². The van der Waals surface area contributed by atoms with Crippen LogP contribution in [0, 0.1) is 0 Å². The molecule has 0 heterocycles. The van der Waals surface area contributed by atoms with Gasteiger partial charge in [-0.15, -0.1) is 0 Å². The summed E-state index contributed by atoms with van der Waals surface area (Å²) in [4.78, 5) is 2.16. The molecule has 2 N–H and O–H groups in total. The van der Waals surface area contributed by atoms with Gasteiger partial charge in [-0.3, -0.25) is 0 Å². The van der Waals surface area contributed by atoms with Crippen LogP contribution in [0.4, 0.5) is 0 Å². The highest BCUT2D eigenvalue weighted by Gasteiger charge is 2.42. The van der Waals surface area contributed by atoms with Crippen molar-refractivity contribution in [3.63, 3.8) is 0 Å². The minimum absolute atomic E-state index is 0.112. The molecule has 0 radical (unpaired) electrons. The molecule has 2 rings (SSSR count). The van der Waals surface area contributed by atoms with E-state index in [0.717, 1.165) is 25.1 Å². The first-order chi connectivity index (χ1) is 7.51. The molecule has 1 aromatic carbocycles. The highest BCUT2D eigenvalue weighted by molar-refractivity contribution is 6.32. The molecule has 0 aromatic heterocycles. The highest BCUT2D eigenvalue weighted by Crippen LogP contribution is 2.39. The van der Waals surface area contributed by atoms with Crippen LogP contribution in [-0.2, 0) is 6.54 Å². The molecule has 16 heavy (non-hydrogen) atoms. The molecule has 3 heteroatoms. The van der Waals surface area contributed by atoms with E-state index in [2.05, 4.69) is 50.6 Å². The molecular weight excluding hydrogens is 195 g/mol. The van der Waals surface area contributed by atoms with Gasteiger partial charge in [0.1, 0.15) is 7.85 Å². The molecule has 0 spiro atoms. The van der Waals surface area contributed by atoms with Gasteiger partial charge in [0, 0.05) is 19.3 Å². The average molecular weight is 214 g/mol. The van der Waals surface area contributed by atoms with Gasteiger partial charge < -0.3 is 10.6 Å². The highest BCUT2D eigenvalue weighted by atomic mass is 15.1. The quantitative estimate of drug-likeness (QED) is 0.734. The summed E-state index contributed by atoms with van der Waals surface area (Å²) in [6, 6.07) is 8.60. The first-order valence-corrected chi connectivity index (χ1v) is 5.76. The summed E-state index contributed by atoms with van der Waals surface area (Å²) < 4.78 is 0. The van der Waals surface area contributed by atoms with Gasteiger partial charge >= 0.3 is 0 Å². The van der Waals surface area contributed by atoms with E-state index in [9.17, 15) is 0 Å². The Kier molecular flexibility index (Phi) is 2.81. The maximum atomic E-state index is 6.13. The molecule has 1 aliphatic rings. The standard InChI is InChI=1S/C13H19BN2/c1-10(13(15)7-8-13)16(2)9-11-3-5-12(14)6-4-11/h3-6H,1,7-9,14-15H2,2H3. The second kappa shape index (κ2) is 3.98. The molecule has 0 saturated heterocycles. The minimum atomic E-state index is -0.112. The van der Waals surface area contributed by atoms with Crippen molar-refractivity contribution in [3.05, 3.63) is 42.1 Å². The Balaban J connectivity index is 1.99. The summed E-state index contributed by atoms with van der Waals surface area (Å²) in [5.74, 6) is 0. The van der Waals surface area contributed by atoms with E-state index in [1.807, 2.05) is 0 Å². The Hall–Kier alpha value is -1.22. The molecule has 0 bridgehead atoms. The van der Waals surface area contributed by atoms with Gasteiger partial charge in [0.05, 0.1) is 5.54 Å². The number of nitrogens with zero attached hydrogens (tertiary/aromatic N) is 1. The van der Waals surface area contributed by atoms with Crippen LogP contribution in [0.2, 0.25) is 0 Å². The Morgan fingerprint density at radius 1 is 1.44 bits per heavy atom. The van der Waals surface area contributed by atoms with Crippen LogP contribution in [0.25, 0.3) is 0 Å². The van der Waals surface area contributed by atoms with Gasteiger partial charge in [-0.25, -0.2) is 0 Å². The first kappa shape index (κ1) is 11.3. The summed E-state index contributed by atoms with van der Waals surface area (Å²) in [5, 5.41) is 0. The van der Waals surface area contributed by atoms with E-state index < -0.39 is 0 Å². The van der Waals surface area contributed by atoms with E-state index in [1.54, 1.807) is 0 Å². The molecule has 84 valence electrons. The Morgan fingerprint density at radius 2 is 2.00 bits per heavy atom. The van der Waals surface area contributed by atoms with Crippen LogP contribution in [0.15, 0.2) is 36.5 Å². The minimum Gasteiger partial charge on any atom is -0.373 e. The number of likely N-dealkylation sites (N-methyl/N-ethyl adjacent to an activating group) is 1. The van der Waals surface area contributed by atoms with Crippen LogP contribution in [-0.4, -0.2) is 25.3 Å². The third kappa shape index (κ3) is 2.30. The summed E-state index contributed by atoms with van der Waals surface area (Å²) >= 11 is 0. The number of benzene rings is 1. The molecule has 2 nitrogen and oxygen atoms in total. The number of hydrogen-bond acceptors (Lipinski definition) is 2. The zero-order chi connectivity index (χ0) is 11.8. The molecule has 1 saturated carbocycles. The lowest BCUT2D eigenvalue weighted by molar-refractivity contribution is 0.375. The predicted octanol–water partition coefficient (Wildman–Crippen LogP) is 0.382. The second-order valence-corrected chi connectivity index (χ2v) is 4.94. The fourth-order valence-electron chi connectivity index (χ4n) is 1.87. The van der Waals surface area contributed by atoms with Crippen molar-refractivity contribution < 1.29 is 0 Å². The van der Waals surface area contributed by atoms with Crippen molar-refractivity contribution in [3.8, 4) is 0 Å². The van der Waals surface area contributed by atoms with Crippen LogP contribution >= 0.6 is 0 Å². The van der Waals surface area contributed by atoms with Crippen molar-refractivity contribution in [2.24, 2.45) is 5.73 Å². The smallest absolute Gasteiger partial charge is 0.139 e. The third-order valence-electron chi connectivity index (χ3n) is 3.36. The van der Waals surface area contributed by atoms with Crippen LogP contribution in [0.5, 0.6) is 0 Å². The lowest BCUT2D eigenvalue weighted by Crippen LogP contribution is -2.33. The molecule has 0 atom stereocenters. The van der Waals surface area contributed by atoms with Gasteiger partial charge in [-0.1, -0.05) is 36.3 Å². The van der Waals surface area contributed by atoms with Crippen molar-refractivity contribution >= 4 is 13.3 Å². The van der Waals surface area contributed by atoms with Crippen LogP contribution < -0.4 is 11.2 Å². The fraction of sp³-hybridized carbons (Fsp3) is 0.385. The molecule has 0 amide bonds. The average Bonchev–Trinajstić information content (AvgIpc) is 3.00. The second-order valence-electron chi connectivity index (χ2n) is 4.94. The summed E-state index contributed by atoms with van der Waals surface area (Å²) in [5.41, 5.74) is 9.68. The van der Waals surface area contributed by atoms with E-state index in [1.165, 1.54) is 11.0 Å². The van der Waals surface area contributed by atoms with Crippen LogP contribution in [0.3, 0.4) is 0 Å². The lowest BCUT2D eigenvalue weighted by Gasteiger charge is -2.26. The SMILES string of the molecule is Bc1ccc(CN(C)C(=C)C2(N)CC2)cc1. The summed E-state index contributed by atoms with van der Waals surface area (Å²) in [7, 11) is 4.17. The van der Waals surface area contributed by atoms with Gasteiger partial charge in [-0.2, -0.15) is 0 Å². The molecule has 0 unspecified atom stereocenters. The monoisotopic (exact) mass is 214 g/mol. The summed E-state index contributed by atoms with van der Waals surface area (Å²) in [6.45, 7) is 4.99. The van der Waals surface area contributed by atoms with Crippen molar-refractivity contribution in [1.82, 2.24) is 4.90 Å². The van der Waals surface area contributed by atoms with Crippen molar-refractivity contribution in [2.45, 2.75) is 24.9 Å². The largest absolute Gasteiger partial charge is 0.373 e. The van der Waals surface area contributed by atoms with Crippen molar-refractivity contribution in [2.75, 3.05) is 7.05 Å². The Morgan fingerprint density at radius 3 is 2.50 bits per heavy atom. The van der Waals surface area contributed by atoms with Gasteiger partial charge in [-0.05, 0) is 18.4 Å². The molecule has 1 fully saturated rings. The normalized spacial score (nSPS) is 16.9. The Bertz CT molecular complexity index is 393. The third-order valence-corrected chi connectivity index (χ3v) is 3.36. The maximum Gasteiger partial charge on any atom is 0.139 e. The topological polar surface area (TPSA) is 29.3 Å². The zero-order valence-corrected chi connectivity index (χ0v) is 10.2. The number of hydrogen-bond donors (Lipinski definition) is 1. The molecule has 1 aromatic rings. The number of rotatable bonds is 4. The first-order valence-electron chi connectivity index (χ1n) is 5.76. The number of nitrogens with two attached hydrogens (primary N) is 1. The summed E-state index contributed by atoms with van der Waals surface area (Å²) in [6.07, 6.45) is 2.15. The van der Waals surface area contributed by atoms with E-state index in [0.29, 0.717) is 0 Å². The molecular formula is C13H19BN2. The zero-order valence-electron chi connectivity index (χ0n) is 10.2. The molecule has 1 aliphatic carbocycles. The van der Waals surface area contributed by atoms with Gasteiger partial charge in [0.2, 0.25) is 0 Å². The van der Waals surface area contributed by atoms with Gasteiger partial charge in [0.15, 0.2) is 0 Å². The van der Waals surface area contributed by atoms with E-state index in [-0.39, 0.29) is 5.54 Å². The fourth-order valence-corrected chi connectivity index (χ4v) is 1.87. The van der Waals surface area contributed by atoms with Crippen LogP contribution in [0.1, 0.15) is 18.4 Å². The molecule has 0 aliphatic heterocycles. The maximum absolute atomic E-state index is 6.13.